The molecule has 0 fully saturated rings. The van der Waals surface area contributed by atoms with Crippen molar-refractivity contribution in [2.45, 2.75) is 6.54 Å². The van der Waals surface area contributed by atoms with E-state index in [4.69, 9.17) is 59.4 Å². The van der Waals surface area contributed by atoms with Crippen molar-refractivity contribution in [3.63, 3.8) is 0 Å². The van der Waals surface area contributed by atoms with Gasteiger partial charge in [0.05, 0.1) is 6.54 Å². The Hall–Kier alpha value is -5.42. The quantitative estimate of drug-likeness (QED) is 0.180. The normalized spacial score (nSPS) is 12.2. The van der Waals surface area contributed by atoms with Gasteiger partial charge in [-0.1, -0.05) is 108 Å². The second kappa shape index (κ2) is 13.0. The van der Waals surface area contributed by atoms with Gasteiger partial charge in [0.15, 0.2) is 5.84 Å². The highest BCUT2D eigenvalue weighted by atomic mass is 16.3. The van der Waals surface area contributed by atoms with Gasteiger partial charge in [0.25, 0.3) is 0 Å². The van der Waals surface area contributed by atoms with Gasteiger partial charge in [-0.2, -0.15) is 0 Å². The average Bonchev–Trinajstić information content (AvgIpc) is 3.51. The number of rotatable bonds is 6. The number of furan rings is 1. The third-order valence-electron chi connectivity index (χ3n) is 8.49. The number of aliphatic imine (C=N–C) groups is 2. The van der Waals surface area contributed by atoms with Crippen molar-refractivity contribution in [2.24, 2.45) is 15.7 Å². The summed E-state index contributed by atoms with van der Waals surface area (Å²) in [6.07, 6.45) is 0. The Labute approximate surface area is 286 Å². The Morgan fingerprint density at radius 1 is 0.562 bits per heavy atom. The molecule has 10 radical (unpaired) electrons. The summed E-state index contributed by atoms with van der Waals surface area (Å²) in [5, 5.41) is 1.77. The number of nitrogens with zero attached hydrogens (tertiary/aromatic N) is 2. The van der Waals surface area contributed by atoms with Crippen LogP contribution in [-0.4, -0.2) is 50.9 Å². The van der Waals surface area contributed by atoms with Crippen LogP contribution in [0.3, 0.4) is 0 Å². The average molecular weight is 605 g/mol. The number of hydrogen-bond donors (Lipinski definition) is 1. The molecule has 7 aromatic rings. The number of benzene rings is 6. The third-order valence-corrected chi connectivity index (χ3v) is 8.49. The van der Waals surface area contributed by atoms with Crippen LogP contribution in [0.2, 0.25) is 0 Å². The Balaban J connectivity index is 1.31. The van der Waals surface area contributed by atoms with E-state index in [1.54, 1.807) is 0 Å². The summed E-state index contributed by atoms with van der Waals surface area (Å²) in [6, 6.07) is 39.6. The van der Waals surface area contributed by atoms with Crippen LogP contribution in [0.4, 0.5) is 0 Å². The molecule has 6 aromatic carbocycles. The number of hydrogen-bond acceptors (Lipinski definition) is 2. The first-order valence-corrected chi connectivity index (χ1v) is 15.4. The van der Waals surface area contributed by atoms with Gasteiger partial charge in [-0.3, -0.25) is 4.99 Å². The molecule has 0 aliphatic rings. The summed E-state index contributed by atoms with van der Waals surface area (Å²) in [5.74, 6) is 0.876. The van der Waals surface area contributed by atoms with E-state index in [9.17, 15) is 0 Å². The minimum absolute atomic E-state index is 0.171. The molecule has 9 heteroatoms. The van der Waals surface area contributed by atoms with Gasteiger partial charge in [0, 0.05) is 21.9 Å². The van der Waals surface area contributed by atoms with E-state index >= 15 is 0 Å². The first kappa shape index (κ1) is 31.2. The smallest absolute Gasteiger partial charge is 0.157 e. The molecule has 2 N–H and O–H groups in total. The summed E-state index contributed by atoms with van der Waals surface area (Å²) in [6.45, 7) is 0.313. The summed E-state index contributed by atoms with van der Waals surface area (Å²) in [5.41, 5.74) is 15.2. The number of amidine groups is 2. The lowest BCUT2D eigenvalue weighted by atomic mass is 9.59. The van der Waals surface area contributed by atoms with Crippen molar-refractivity contribution < 1.29 is 4.42 Å². The molecule has 0 saturated carbocycles. The van der Waals surface area contributed by atoms with Crippen molar-refractivity contribution in [1.82, 2.24) is 0 Å². The van der Waals surface area contributed by atoms with Crippen molar-refractivity contribution in [3.8, 4) is 22.3 Å². The molecule has 0 atom stereocenters. The van der Waals surface area contributed by atoms with E-state index in [1.165, 1.54) is 0 Å². The maximum atomic E-state index is 6.63. The zero-order chi connectivity index (χ0) is 33.4. The lowest BCUT2D eigenvalue weighted by Gasteiger charge is -2.21. The molecular weight excluding hydrogens is 581 g/mol. The van der Waals surface area contributed by atoms with Crippen LogP contribution in [0.1, 0.15) is 16.7 Å². The van der Waals surface area contributed by atoms with Gasteiger partial charge < -0.3 is 10.2 Å². The second-order valence-corrected chi connectivity index (χ2v) is 11.5. The van der Waals surface area contributed by atoms with Gasteiger partial charge in [-0.15, -0.1) is 16.4 Å². The molecule has 1 heterocycles. The first-order chi connectivity index (χ1) is 23.3. The molecule has 4 nitrogen and oxygen atoms in total. The van der Waals surface area contributed by atoms with Crippen LogP contribution in [-0.2, 0) is 6.54 Å². The van der Waals surface area contributed by atoms with E-state index in [0.29, 0.717) is 34.9 Å². The van der Waals surface area contributed by atoms with Crippen molar-refractivity contribution in [3.05, 3.63) is 138 Å². The maximum Gasteiger partial charge on any atom is 0.157 e. The lowest BCUT2D eigenvalue weighted by molar-refractivity contribution is 0.668. The molecule has 0 bridgehead atoms. The minimum Gasteiger partial charge on any atom is -0.456 e. The standard InChI is InChI=1S/C39H24B5N3O/c40-33-32(34(41)36(43)37(44)35(33)42)25-17-18-29-28(20-25)31-27(15-8-16-30(31)48-29)21-46-39(23-11-5-2-6-12-23)47-38(45)26-14-7-13-24(19-26)22-9-3-1-4-10-22/h1-20H,21H2,(H2,45,46,47). The molecule has 0 saturated heterocycles. The predicted octanol–water partition coefficient (Wildman–Crippen LogP) is 3.24. The molecule has 0 aliphatic heterocycles. The minimum atomic E-state index is 0.171. The predicted molar refractivity (Wildman–Crippen MR) is 205 cm³/mol. The zero-order valence-corrected chi connectivity index (χ0v) is 26.0. The topological polar surface area (TPSA) is 63.9 Å². The van der Waals surface area contributed by atoms with Crippen LogP contribution in [0, 0.1) is 0 Å². The fourth-order valence-electron chi connectivity index (χ4n) is 5.95. The summed E-state index contributed by atoms with van der Waals surface area (Å²) in [7, 11) is 31.2. The molecule has 0 spiro atoms. The van der Waals surface area contributed by atoms with Crippen molar-refractivity contribution in [2.75, 3.05) is 0 Å². The van der Waals surface area contributed by atoms with Crippen LogP contribution in [0.5, 0.6) is 0 Å². The number of nitrogens with two attached hydrogens (primary N) is 1. The Morgan fingerprint density at radius 3 is 1.92 bits per heavy atom. The highest BCUT2D eigenvalue weighted by Gasteiger charge is 2.16. The highest BCUT2D eigenvalue weighted by molar-refractivity contribution is 6.68. The van der Waals surface area contributed by atoms with E-state index in [1.807, 2.05) is 103 Å². The monoisotopic (exact) mass is 605 g/mol. The van der Waals surface area contributed by atoms with Gasteiger partial charge in [0.1, 0.15) is 56.2 Å². The van der Waals surface area contributed by atoms with Gasteiger partial charge in [-0.25, -0.2) is 4.99 Å². The van der Waals surface area contributed by atoms with E-state index < -0.39 is 0 Å². The van der Waals surface area contributed by atoms with Gasteiger partial charge in [-0.05, 0) is 52.1 Å². The van der Waals surface area contributed by atoms with E-state index in [2.05, 4.69) is 18.2 Å². The molecule has 7 rings (SSSR count). The van der Waals surface area contributed by atoms with Gasteiger partial charge in [0.2, 0.25) is 0 Å². The Morgan fingerprint density at radius 2 is 1.19 bits per heavy atom. The van der Waals surface area contributed by atoms with Crippen LogP contribution >= 0.6 is 0 Å². The van der Waals surface area contributed by atoms with Crippen LogP contribution in [0.15, 0.2) is 136 Å². The molecule has 0 aliphatic carbocycles. The Bertz CT molecular complexity index is 2360. The molecule has 0 amide bonds. The molecule has 0 unspecified atom stereocenters. The Kier molecular flexibility index (Phi) is 8.45. The second-order valence-electron chi connectivity index (χ2n) is 11.5. The lowest BCUT2D eigenvalue weighted by Crippen LogP contribution is -2.55. The first-order valence-electron chi connectivity index (χ1n) is 15.4. The fourth-order valence-corrected chi connectivity index (χ4v) is 5.95. The molecular formula is C39H24B5N3O. The summed E-state index contributed by atoms with van der Waals surface area (Å²) < 4.78 is 6.24. The molecule has 1 aromatic heterocycles. The van der Waals surface area contributed by atoms with Crippen molar-refractivity contribution >= 4 is 100 Å². The SMILES string of the molecule is [B]c1c([B])c([B])c(-c2ccc3oc4cccc(CN=C(N=C(N)c5cccc(-c6ccccc6)c5)c5ccccc5)c4c3c2)c([B])c1[B]. The van der Waals surface area contributed by atoms with Crippen LogP contribution < -0.4 is 33.0 Å². The van der Waals surface area contributed by atoms with Crippen LogP contribution in [0.25, 0.3) is 44.2 Å². The van der Waals surface area contributed by atoms with Gasteiger partial charge >= 0.3 is 0 Å². The summed E-state index contributed by atoms with van der Waals surface area (Å²) in [4.78, 5) is 9.86. The van der Waals surface area contributed by atoms with Crippen molar-refractivity contribution in [1.29, 1.82) is 0 Å². The fraction of sp³-hybridized carbons (Fsp3) is 0.0256. The zero-order valence-electron chi connectivity index (χ0n) is 26.0. The largest absolute Gasteiger partial charge is 0.456 e. The molecule has 48 heavy (non-hydrogen) atoms. The number of fused-ring (bicyclic) bond motifs is 3. The van der Waals surface area contributed by atoms with E-state index in [0.717, 1.165) is 44.2 Å². The third kappa shape index (κ3) is 5.81. The highest BCUT2D eigenvalue weighted by Crippen LogP contribution is 2.34. The van der Waals surface area contributed by atoms with E-state index in [-0.39, 0.29) is 27.3 Å². The molecule has 216 valence electrons. The summed E-state index contributed by atoms with van der Waals surface area (Å²) >= 11 is 0. The maximum absolute atomic E-state index is 6.63.